The Morgan fingerprint density at radius 1 is 1.22 bits per heavy atom. The van der Waals surface area contributed by atoms with Crippen LogP contribution in [0.25, 0.3) is 0 Å². The molecule has 0 aromatic heterocycles. The molecule has 0 aliphatic rings. The highest BCUT2D eigenvalue weighted by molar-refractivity contribution is 5.94. The van der Waals surface area contributed by atoms with Gasteiger partial charge in [-0.3, -0.25) is 25.1 Å². The summed E-state index contributed by atoms with van der Waals surface area (Å²) in [5, 5.41) is 22.1. The molecule has 1 amide bonds. The largest absolute Gasteiger partial charge is 0.452 e. The second-order valence-corrected chi connectivity index (χ2v) is 4.09. The molecule has 0 heterocycles. The molecule has 0 aliphatic carbocycles. The van der Waals surface area contributed by atoms with E-state index in [4.69, 9.17) is 0 Å². The quantitative estimate of drug-likeness (QED) is 0.615. The van der Waals surface area contributed by atoms with E-state index in [2.05, 4.69) is 4.74 Å². The third-order valence-corrected chi connectivity index (χ3v) is 2.77. The summed E-state index contributed by atoms with van der Waals surface area (Å²) in [5.41, 5.74) is -4.89. The van der Waals surface area contributed by atoms with Gasteiger partial charge in [0.05, 0.1) is 22.5 Å². The maximum Gasteiger partial charge on any atom is 0.416 e. The summed E-state index contributed by atoms with van der Waals surface area (Å²) >= 11 is 0. The predicted octanol–water partition coefficient (Wildman–Crippen LogP) is 3.11. The molecule has 1 rings (SSSR count). The number of nitro benzene ring substituents is 2. The summed E-state index contributed by atoms with van der Waals surface area (Å²) in [4.78, 5) is 31.7. The number of hydrogen-bond donors (Lipinski definition) is 0. The lowest BCUT2D eigenvalue weighted by molar-refractivity contribution is -0.393. The normalized spacial score (nSPS) is 11.0. The number of hydrogen-bond acceptors (Lipinski definition) is 6. The zero-order chi connectivity index (χ0) is 17.9. The molecule has 126 valence electrons. The molecule has 0 saturated carbocycles. The fraction of sp³-hybridized carbons (Fsp3) is 0.364. The van der Waals surface area contributed by atoms with Crippen molar-refractivity contribution in [1.82, 2.24) is 0 Å². The lowest BCUT2D eigenvalue weighted by Crippen LogP contribution is -2.31. The minimum absolute atomic E-state index is 0.133. The lowest BCUT2D eigenvalue weighted by atomic mass is 10.1. The maximum atomic E-state index is 12.8. The number of anilines is 1. The van der Waals surface area contributed by atoms with Gasteiger partial charge in [-0.1, -0.05) is 0 Å². The zero-order valence-corrected chi connectivity index (χ0v) is 11.8. The van der Waals surface area contributed by atoms with E-state index in [0.717, 1.165) is 7.11 Å². The second-order valence-electron chi connectivity index (χ2n) is 4.09. The second kappa shape index (κ2) is 6.46. The van der Waals surface area contributed by atoms with Crippen molar-refractivity contribution < 1.29 is 32.5 Å². The Labute approximate surface area is 126 Å². The van der Waals surface area contributed by atoms with E-state index in [1.54, 1.807) is 0 Å². The average molecular weight is 337 g/mol. The van der Waals surface area contributed by atoms with Crippen LogP contribution in [-0.2, 0) is 10.9 Å². The standard InChI is InChI=1S/C11H10F3N3O6/c1-3-15(10(18)23-2)9-7(16(19)20)4-6(11(12,13)14)5-8(9)17(21)22/h4-5H,3H2,1-2H3. The van der Waals surface area contributed by atoms with Gasteiger partial charge < -0.3 is 4.74 Å². The number of halogens is 3. The number of carbonyl (C=O) groups is 1. The van der Waals surface area contributed by atoms with Crippen LogP contribution in [0, 0.1) is 20.2 Å². The molecule has 0 bridgehead atoms. The summed E-state index contributed by atoms with van der Waals surface area (Å²) < 4.78 is 42.6. The highest BCUT2D eigenvalue weighted by atomic mass is 19.4. The molecule has 0 saturated heterocycles. The van der Waals surface area contributed by atoms with Crippen molar-refractivity contribution >= 4 is 23.2 Å². The number of alkyl halides is 3. The van der Waals surface area contributed by atoms with Gasteiger partial charge >= 0.3 is 23.6 Å². The Morgan fingerprint density at radius 2 is 1.65 bits per heavy atom. The number of nitro groups is 2. The van der Waals surface area contributed by atoms with Crippen LogP contribution in [0.4, 0.5) is 35.0 Å². The highest BCUT2D eigenvalue weighted by Gasteiger charge is 2.40. The minimum Gasteiger partial charge on any atom is -0.452 e. The first-order valence-electron chi connectivity index (χ1n) is 5.94. The first-order chi connectivity index (χ1) is 10.5. The van der Waals surface area contributed by atoms with Crippen molar-refractivity contribution in [3.63, 3.8) is 0 Å². The molecule has 23 heavy (non-hydrogen) atoms. The van der Waals surface area contributed by atoms with Crippen LogP contribution in [0.2, 0.25) is 0 Å². The van der Waals surface area contributed by atoms with E-state index in [9.17, 15) is 38.2 Å². The molecule has 0 atom stereocenters. The Bertz CT molecular complexity index is 626. The Hall–Kier alpha value is -2.92. The maximum absolute atomic E-state index is 12.8. The van der Waals surface area contributed by atoms with E-state index in [1.807, 2.05) is 0 Å². The van der Waals surface area contributed by atoms with Crippen molar-refractivity contribution in [1.29, 1.82) is 0 Å². The van der Waals surface area contributed by atoms with Crippen LogP contribution in [0.15, 0.2) is 12.1 Å². The summed E-state index contributed by atoms with van der Waals surface area (Å²) in [6.07, 6.45) is -6.21. The molecular weight excluding hydrogens is 327 g/mol. The number of methoxy groups -OCH3 is 1. The summed E-state index contributed by atoms with van der Waals surface area (Å²) in [5.74, 6) is 0. The number of benzene rings is 1. The Kier molecular flexibility index (Phi) is 5.09. The van der Waals surface area contributed by atoms with Crippen LogP contribution in [0.1, 0.15) is 12.5 Å². The number of ether oxygens (including phenoxy) is 1. The van der Waals surface area contributed by atoms with E-state index >= 15 is 0 Å². The van der Waals surface area contributed by atoms with Crippen molar-refractivity contribution in [2.24, 2.45) is 0 Å². The van der Waals surface area contributed by atoms with Gasteiger partial charge in [-0.15, -0.1) is 0 Å². The summed E-state index contributed by atoms with van der Waals surface area (Å²) in [6.45, 7) is 1.03. The molecule has 0 fully saturated rings. The van der Waals surface area contributed by atoms with Crippen LogP contribution < -0.4 is 4.90 Å². The first kappa shape index (κ1) is 18.1. The lowest BCUT2D eigenvalue weighted by Gasteiger charge is -2.19. The zero-order valence-electron chi connectivity index (χ0n) is 11.8. The number of nitrogens with zero attached hydrogens (tertiary/aromatic N) is 3. The Balaban J connectivity index is 3.82. The van der Waals surface area contributed by atoms with Gasteiger partial charge in [0.2, 0.25) is 5.69 Å². The van der Waals surface area contributed by atoms with Crippen molar-refractivity contribution in [2.45, 2.75) is 13.1 Å². The molecule has 12 heteroatoms. The predicted molar refractivity (Wildman–Crippen MR) is 70.2 cm³/mol. The SMILES string of the molecule is CCN(C(=O)OC)c1c([N+](=O)[O-])cc(C(F)(F)F)cc1[N+](=O)[O-]. The monoisotopic (exact) mass is 337 g/mol. The molecule has 0 radical (unpaired) electrons. The van der Waals surface area contributed by atoms with Gasteiger partial charge in [-0.05, 0) is 6.92 Å². The van der Waals surface area contributed by atoms with Crippen molar-refractivity contribution in [3.8, 4) is 0 Å². The van der Waals surface area contributed by atoms with Gasteiger partial charge in [0.25, 0.3) is 0 Å². The van der Waals surface area contributed by atoms with E-state index in [-0.39, 0.29) is 18.7 Å². The molecule has 0 unspecified atom stereocenters. The molecule has 9 nitrogen and oxygen atoms in total. The summed E-state index contributed by atoms with van der Waals surface area (Å²) in [7, 11) is 0.923. The van der Waals surface area contributed by atoms with Crippen LogP contribution in [0.5, 0.6) is 0 Å². The summed E-state index contributed by atoms with van der Waals surface area (Å²) in [6, 6.07) is 0.266. The van der Waals surface area contributed by atoms with Crippen LogP contribution in [-0.4, -0.2) is 29.6 Å². The van der Waals surface area contributed by atoms with Crippen molar-refractivity contribution in [2.75, 3.05) is 18.6 Å². The average Bonchev–Trinajstić information content (AvgIpc) is 2.45. The molecule has 1 aromatic carbocycles. The molecular formula is C11H10F3N3O6. The van der Waals surface area contributed by atoms with E-state index < -0.39 is 44.7 Å². The van der Waals surface area contributed by atoms with E-state index in [1.165, 1.54) is 6.92 Å². The first-order valence-corrected chi connectivity index (χ1v) is 5.94. The molecule has 1 aromatic rings. The van der Waals surface area contributed by atoms with E-state index in [0.29, 0.717) is 4.90 Å². The topological polar surface area (TPSA) is 116 Å². The van der Waals surface area contributed by atoms with Crippen LogP contribution >= 0.6 is 0 Å². The van der Waals surface area contributed by atoms with Gasteiger partial charge in [-0.25, -0.2) is 4.79 Å². The van der Waals surface area contributed by atoms with Gasteiger partial charge in [0.15, 0.2) is 0 Å². The minimum atomic E-state index is -5.03. The fourth-order valence-corrected chi connectivity index (χ4v) is 1.81. The number of amides is 1. The van der Waals surface area contributed by atoms with Gasteiger partial charge in [0.1, 0.15) is 0 Å². The number of carbonyl (C=O) groups excluding carboxylic acids is 1. The van der Waals surface area contributed by atoms with Gasteiger partial charge in [0, 0.05) is 18.7 Å². The molecule has 0 spiro atoms. The third kappa shape index (κ3) is 3.64. The highest BCUT2D eigenvalue weighted by Crippen LogP contribution is 2.43. The molecule has 0 N–H and O–H groups in total. The number of rotatable bonds is 4. The fourth-order valence-electron chi connectivity index (χ4n) is 1.81. The van der Waals surface area contributed by atoms with Crippen LogP contribution in [0.3, 0.4) is 0 Å². The molecule has 0 aliphatic heterocycles. The van der Waals surface area contributed by atoms with Gasteiger partial charge in [-0.2, -0.15) is 13.2 Å². The van der Waals surface area contributed by atoms with Crippen molar-refractivity contribution in [3.05, 3.63) is 37.9 Å². The Morgan fingerprint density at radius 3 is 1.91 bits per heavy atom. The smallest absolute Gasteiger partial charge is 0.416 e. The third-order valence-electron chi connectivity index (χ3n) is 2.77.